The van der Waals surface area contributed by atoms with Crippen LogP contribution in [0.5, 0.6) is 5.75 Å². The van der Waals surface area contributed by atoms with Gasteiger partial charge in [0.2, 0.25) is 0 Å². The van der Waals surface area contributed by atoms with E-state index in [2.05, 4.69) is 10.6 Å². The Hall–Kier alpha value is -3.31. The lowest BCUT2D eigenvalue weighted by Gasteiger charge is -2.17. The van der Waals surface area contributed by atoms with E-state index in [1.165, 1.54) is 0 Å². The highest BCUT2D eigenvalue weighted by molar-refractivity contribution is 6.30. The van der Waals surface area contributed by atoms with Gasteiger partial charge >= 0.3 is 0 Å². The summed E-state index contributed by atoms with van der Waals surface area (Å²) in [5.41, 5.74) is 1.98. The average Bonchev–Trinajstić information content (AvgIpc) is 2.74. The van der Waals surface area contributed by atoms with Gasteiger partial charge in [-0.3, -0.25) is 9.59 Å². The van der Waals surface area contributed by atoms with Gasteiger partial charge in [0, 0.05) is 17.3 Å². The number of carbonyl (C=O) groups is 2. The predicted molar refractivity (Wildman–Crippen MR) is 114 cm³/mol. The van der Waals surface area contributed by atoms with E-state index >= 15 is 0 Å². The van der Waals surface area contributed by atoms with Gasteiger partial charge in [0.25, 0.3) is 11.8 Å². The third-order valence-corrected chi connectivity index (χ3v) is 4.46. The summed E-state index contributed by atoms with van der Waals surface area (Å²) in [6.45, 7) is 2.03. The third kappa shape index (κ3) is 5.83. The molecule has 0 radical (unpaired) electrons. The van der Waals surface area contributed by atoms with Gasteiger partial charge in [0.1, 0.15) is 5.75 Å². The molecule has 0 spiro atoms. The van der Waals surface area contributed by atoms with Crippen molar-refractivity contribution in [2.45, 2.75) is 19.6 Å². The second-order valence-electron chi connectivity index (χ2n) is 6.42. The number of carbonyl (C=O) groups excluding carboxylic acids is 2. The smallest absolute Gasteiger partial charge is 0.265 e. The molecule has 0 aliphatic carbocycles. The maximum Gasteiger partial charge on any atom is 0.265 e. The van der Waals surface area contributed by atoms with Crippen LogP contribution in [0.15, 0.2) is 78.9 Å². The van der Waals surface area contributed by atoms with E-state index in [-0.39, 0.29) is 11.8 Å². The van der Waals surface area contributed by atoms with E-state index in [4.69, 9.17) is 16.3 Å². The molecular weight excluding hydrogens is 388 g/mol. The van der Waals surface area contributed by atoms with Gasteiger partial charge in [-0.2, -0.15) is 0 Å². The van der Waals surface area contributed by atoms with E-state index < -0.39 is 6.10 Å². The van der Waals surface area contributed by atoms with Gasteiger partial charge in [-0.25, -0.2) is 0 Å². The Bertz CT molecular complexity index is 975. The number of benzene rings is 3. The molecule has 0 aliphatic rings. The van der Waals surface area contributed by atoms with Crippen molar-refractivity contribution in [3.05, 3.63) is 95.0 Å². The monoisotopic (exact) mass is 408 g/mol. The van der Waals surface area contributed by atoms with Crippen molar-refractivity contribution in [3.63, 3.8) is 0 Å². The summed E-state index contributed by atoms with van der Waals surface area (Å²) in [6, 6.07) is 23.3. The quantitative estimate of drug-likeness (QED) is 0.596. The molecule has 0 aliphatic heterocycles. The number of ether oxygens (including phenoxy) is 1. The molecule has 0 saturated carbocycles. The Kier molecular flexibility index (Phi) is 6.87. The molecule has 1 atom stereocenters. The molecule has 3 aromatic carbocycles. The Morgan fingerprint density at radius 3 is 2.31 bits per heavy atom. The summed E-state index contributed by atoms with van der Waals surface area (Å²) in [4.78, 5) is 25.0. The van der Waals surface area contributed by atoms with Gasteiger partial charge in [-0.15, -0.1) is 0 Å². The number of halogens is 1. The van der Waals surface area contributed by atoms with E-state index in [1.54, 1.807) is 55.5 Å². The molecule has 3 aromatic rings. The van der Waals surface area contributed by atoms with Crippen LogP contribution in [0, 0.1) is 0 Å². The fourth-order valence-electron chi connectivity index (χ4n) is 2.65. The van der Waals surface area contributed by atoms with Crippen LogP contribution in [0.2, 0.25) is 5.02 Å². The zero-order chi connectivity index (χ0) is 20.6. The minimum absolute atomic E-state index is 0.269. The van der Waals surface area contributed by atoms with Crippen LogP contribution >= 0.6 is 11.6 Å². The van der Waals surface area contributed by atoms with Gasteiger partial charge in [-0.05, 0) is 48.9 Å². The molecule has 6 heteroatoms. The average molecular weight is 409 g/mol. The van der Waals surface area contributed by atoms with E-state index in [0.29, 0.717) is 28.6 Å². The summed E-state index contributed by atoms with van der Waals surface area (Å²) < 4.78 is 5.78. The minimum Gasteiger partial charge on any atom is -0.480 e. The zero-order valence-corrected chi connectivity index (χ0v) is 16.6. The fraction of sp³-hybridized carbons (Fsp3) is 0.130. The van der Waals surface area contributed by atoms with Crippen molar-refractivity contribution in [1.82, 2.24) is 5.32 Å². The zero-order valence-electron chi connectivity index (χ0n) is 15.9. The molecule has 0 aromatic heterocycles. The fourth-order valence-corrected chi connectivity index (χ4v) is 2.78. The van der Waals surface area contributed by atoms with Crippen molar-refractivity contribution in [3.8, 4) is 5.75 Å². The molecule has 148 valence electrons. The first-order valence-electron chi connectivity index (χ1n) is 9.17. The summed E-state index contributed by atoms with van der Waals surface area (Å²) in [5.74, 6) is -0.251. The summed E-state index contributed by atoms with van der Waals surface area (Å²) in [5, 5.41) is 6.22. The minimum atomic E-state index is -0.797. The Labute approximate surface area is 174 Å². The summed E-state index contributed by atoms with van der Waals surface area (Å²) >= 11 is 5.85. The van der Waals surface area contributed by atoms with Gasteiger partial charge in [0.05, 0.1) is 5.56 Å². The number of hydrogen-bond acceptors (Lipinski definition) is 3. The lowest BCUT2D eigenvalue weighted by Crippen LogP contribution is -2.31. The third-order valence-electron chi connectivity index (χ3n) is 4.21. The number of rotatable bonds is 7. The first kappa shape index (κ1) is 20.4. The van der Waals surface area contributed by atoms with Crippen molar-refractivity contribution >= 4 is 29.1 Å². The number of para-hydroxylation sites is 1. The molecule has 2 N–H and O–H groups in total. The van der Waals surface area contributed by atoms with Crippen molar-refractivity contribution in [2.75, 3.05) is 5.32 Å². The van der Waals surface area contributed by atoms with Crippen molar-refractivity contribution in [1.29, 1.82) is 0 Å². The lowest BCUT2D eigenvalue weighted by molar-refractivity contribution is -0.122. The first-order valence-corrected chi connectivity index (χ1v) is 9.55. The van der Waals surface area contributed by atoms with Crippen LogP contribution in [0.4, 0.5) is 5.69 Å². The van der Waals surface area contributed by atoms with E-state index in [0.717, 1.165) is 5.56 Å². The molecule has 2 amide bonds. The van der Waals surface area contributed by atoms with Crippen LogP contribution in [0.1, 0.15) is 22.8 Å². The molecule has 29 heavy (non-hydrogen) atoms. The Morgan fingerprint density at radius 1 is 0.931 bits per heavy atom. The number of anilines is 1. The molecule has 0 heterocycles. The second-order valence-corrected chi connectivity index (χ2v) is 6.86. The van der Waals surface area contributed by atoms with Crippen LogP contribution < -0.4 is 15.4 Å². The molecule has 5 nitrogen and oxygen atoms in total. The van der Waals surface area contributed by atoms with E-state index in [1.807, 2.05) is 30.3 Å². The Morgan fingerprint density at radius 2 is 1.59 bits per heavy atom. The summed E-state index contributed by atoms with van der Waals surface area (Å²) in [6.07, 6.45) is -0.797. The largest absolute Gasteiger partial charge is 0.480 e. The standard InChI is InChI=1S/C23H21ClN2O3/c1-16(22(27)26-19-13-11-18(24)12-14-19)29-21-10-6-5-9-20(21)23(28)25-15-17-7-3-2-4-8-17/h2-14,16H,15H2,1H3,(H,25,28)(H,26,27)/t16-/m0/s1. The highest BCUT2D eigenvalue weighted by Gasteiger charge is 2.19. The SMILES string of the molecule is C[C@H](Oc1ccccc1C(=O)NCc1ccccc1)C(=O)Nc1ccc(Cl)cc1. The van der Waals surface area contributed by atoms with Crippen molar-refractivity contribution < 1.29 is 14.3 Å². The van der Waals surface area contributed by atoms with E-state index in [9.17, 15) is 9.59 Å². The maximum atomic E-state index is 12.6. The first-order chi connectivity index (χ1) is 14.0. The van der Waals surface area contributed by atoms with Crippen LogP contribution in [0.25, 0.3) is 0 Å². The number of amides is 2. The van der Waals surface area contributed by atoms with Gasteiger partial charge in [0.15, 0.2) is 6.10 Å². The highest BCUT2D eigenvalue weighted by Crippen LogP contribution is 2.20. The molecular formula is C23H21ClN2O3. The molecule has 3 rings (SSSR count). The molecule has 0 saturated heterocycles. The predicted octanol–water partition coefficient (Wildman–Crippen LogP) is 4.68. The van der Waals surface area contributed by atoms with Crippen LogP contribution in [-0.4, -0.2) is 17.9 Å². The lowest BCUT2D eigenvalue weighted by atomic mass is 10.1. The normalized spacial score (nSPS) is 11.4. The van der Waals surface area contributed by atoms with Crippen molar-refractivity contribution in [2.24, 2.45) is 0 Å². The van der Waals surface area contributed by atoms with Crippen LogP contribution in [-0.2, 0) is 11.3 Å². The van der Waals surface area contributed by atoms with Gasteiger partial charge in [-0.1, -0.05) is 54.1 Å². The molecule has 0 bridgehead atoms. The number of hydrogen-bond donors (Lipinski definition) is 2. The summed E-state index contributed by atoms with van der Waals surface area (Å²) in [7, 11) is 0. The maximum absolute atomic E-state index is 12.6. The Balaban J connectivity index is 1.63. The van der Waals surface area contributed by atoms with Crippen LogP contribution in [0.3, 0.4) is 0 Å². The topological polar surface area (TPSA) is 67.4 Å². The highest BCUT2D eigenvalue weighted by atomic mass is 35.5. The second kappa shape index (κ2) is 9.75. The van der Waals surface area contributed by atoms with Gasteiger partial charge < -0.3 is 15.4 Å². The molecule has 0 fully saturated rings. The molecule has 0 unspecified atom stereocenters. The number of nitrogens with one attached hydrogen (secondary N) is 2.